The van der Waals surface area contributed by atoms with Gasteiger partial charge in [0.15, 0.2) is 0 Å². The molecule has 10 heteroatoms. The average molecular weight is 472 g/mol. The minimum Gasteiger partial charge on any atom is -0.436 e. The Morgan fingerprint density at radius 2 is 1.66 bits per heavy atom. The zero-order chi connectivity index (χ0) is 22.7. The number of fused-ring (bicyclic) bond motifs is 1. The Morgan fingerprint density at radius 1 is 0.969 bits per heavy atom. The van der Waals surface area contributed by atoms with E-state index in [0.29, 0.717) is 16.0 Å². The molecule has 0 bridgehead atoms. The zero-order valence-electron chi connectivity index (χ0n) is 16.2. The number of carbonyl (C=O) groups excluding carboxylic acids is 1. The first kappa shape index (κ1) is 21.5. The van der Waals surface area contributed by atoms with Gasteiger partial charge in [-0.1, -0.05) is 41.9 Å². The molecule has 0 fully saturated rings. The average Bonchev–Trinajstić information content (AvgIpc) is 2.79. The molecule has 0 radical (unpaired) electrons. The molecule has 4 aromatic rings. The number of carbonyl (C=O) groups is 1. The summed E-state index contributed by atoms with van der Waals surface area (Å²) in [7, 11) is -4.06. The molecule has 7 nitrogen and oxygen atoms in total. The highest BCUT2D eigenvalue weighted by molar-refractivity contribution is 7.89. The van der Waals surface area contributed by atoms with E-state index in [1.807, 2.05) is 0 Å². The molecule has 0 saturated carbocycles. The topological polar surface area (TPSA) is 101 Å². The molecule has 0 aliphatic heterocycles. The number of benzene rings is 3. The standard InChI is InChI=1S/C22H15ClFN3O4S/c23-15-9-11-16(12-10-15)32(29,30)27-26-22-17(13-14-5-1-4-8-20(14)31-22)21(28)25-19-7-3-2-6-18(19)24/h1-13,27H,(H,25,28)/b26-22-. The van der Waals surface area contributed by atoms with Crippen LogP contribution in [-0.2, 0) is 10.0 Å². The van der Waals surface area contributed by atoms with Crippen molar-refractivity contribution in [3.63, 3.8) is 0 Å². The van der Waals surface area contributed by atoms with Crippen LogP contribution in [0.2, 0.25) is 5.02 Å². The van der Waals surface area contributed by atoms with Crippen LogP contribution in [0.3, 0.4) is 0 Å². The molecule has 32 heavy (non-hydrogen) atoms. The van der Waals surface area contributed by atoms with Gasteiger partial charge < -0.3 is 9.73 Å². The quantitative estimate of drug-likeness (QED) is 0.424. The number of rotatable bonds is 5. The van der Waals surface area contributed by atoms with E-state index in [9.17, 15) is 17.6 Å². The van der Waals surface area contributed by atoms with Crippen molar-refractivity contribution in [2.45, 2.75) is 4.90 Å². The van der Waals surface area contributed by atoms with E-state index in [4.69, 9.17) is 16.0 Å². The van der Waals surface area contributed by atoms with Crippen LogP contribution < -0.4 is 15.7 Å². The fourth-order valence-electron chi connectivity index (χ4n) is 2.84. The second-order valence-electron chi connectivity index (χ2n) is 6.60. The molecular formula is C22H15ClFN3O4S. The van der Waals surface area contributed by atoms with Crippen LogP contribution in [0.25, 0.3) is 11.0 Å². The summed E-state index contributed by atoms with van der Waals surface area (Å²) in [5.41, 5.74) is -0.0569. The summed E-state index contributed by atoms with van der Waals surface area (Å²) in [5, 5.41) is 7.21. The highest BCUT2D eigenvalue weighted by atomic mass is 35.5. The molecule has 0 saturated heterocycles. The predicted molar refractivity (Wildman–Crippen MR) is 118 cm³/mol. The molecule has 0 unspecified atom stereocenters. The number of hydrogen-bond donors (Lipinski definition) is 2. The number of sulfonamides is 1. The summed E-state index contributed by atoms with van der Waals surface area (Å²) in [6.07, 6.45) is 0. The van der Waals surface area contributed by atoms with Crippen LogP contribution in [-0.4, -0.2) is 14.3 Å². The molecule has 1 heterocycles. The fourth-order valence-corrected chi connectivity index (χ4v) is 3.76. The maximum absolute atomic E-state index is 14.0. The van der Waals surface area contributed by atoms with Gasteiger partial charge in [-0.05, 0) is 48.5 Å². The summed E-state index contributed by atoms with van der Waals surface area (Å²) in [4.78, 5) is 14.8. The van der Waals surface area contributed by atoms with Gasteiger partial charge in [0, 0.05) is 10.4 Å². The van der Waals surface area contributed by atoms with Gasteiger partial charge >= 0.3 is 0 Å². The zero-order valence-corrected chi connectivity index (χ0v) is 17.8. The highest BCUT2D eigenvalue weighted by Gasteiger charge is 2.17. The van der Waals surface area contributed by atoms with Crippen molar-refractivity contribution in [1.29, 1.82) is 0 Å². The first-order valence-electron chi connectivity index (χ1n) is 9.23. The lowest BCUT2D eigenvalue weighted by molar-refractivity contribution is 0.102. The normalized spacial score (nSPS) is 12.0. The second kappa shape index (κ2) is 8.81. The number of nitrogens with one attached hydrogen (secondary N) is 2. The number of nitrogens with zero attached hydrogens (tertiary/aromatic N) is 1. The highest BCUT2D eigenvalue weighted by Crippen LogP contribution is 2.17. The lowest BCUT2D eigenvalue weighted by Gasteiger charge is -2.08. The van der Waals surface area contributed by atoms with Crippen molar-refractivity contribution < 1.29 is 22.0 Å². The second-order valence-corrected chi connectivity index (χ2v) is 8.69. The molecule has 0 aliphatic rings. The van der Waals surface area contributed by atoms with Crippen molar-refractivity contribution >= 4 is 44.2 Å². The SMILES string of the molecule is O=C(Nc1ccccc1F)c1cc2ccccc2o/c1=N\NS(=O)(=O)c1ccc(Cl)cc1. The predicted octanol–water partition coefficient (Wildman–Crippen LogP) is 4.27. The molecule has 2 N–H and O–H groups in total. The Balaban J connectivity index is 1.76. The Hall–Kier alpha value is -3.69. The maximum Gasteiger partial charge on any atom is 0.276 e. The van der Waals surface area contributed by atoms with Crippen molar-refractivity contribution in [2.75, 3.05) is 5.32 Å². The van der Waals surface area contributed by atoms with Crippen LogP contribution >= 0.6 is 11.6 Å². The number of hydrogen-bond acceptors (Lipinski definition) is 5. The summed E-state index contributed by atoms with van der Waals surface area (Å²) in [5.74, 6) is -1.35. The van der Waals surface area contributed by atoms with Crippen LogP contribution in [0.4, 0.5) is 10.1 Å². The number of anilines is 1. The van der Waals surface area contributed by atoms with Gasteiger partial charge in [-0.2, -0.15) is 13.2 Å². The van der Waals surface area contributed by atoms with Crippen molar-refractivity contribution in [1.82, 2.24) is 4.83 Å². The minimum absolute atomic E-state index is 0.0432. The lowest BCUT2D eigenvalue weighted by atomic mass is 10.1. The van der Waals surface area contributed by atoms with Gasteiger partial charge in [0.25, 0.3) is 15.9 Å². The van der Waals surface area contributed by atoms with E-state index in [0.717, 1.165) is 0 Å². The Morgan fingerprint density at radius 3 is 2.41 bits per heavy atom. The number of amides is 1. The van der Waals surface area contributed by atoms with E-state index < -0.39 is 21.7 Å². The molecule has 4 rings (SSSR count). The van der Waals surface area contributed by atoms with E-state index in [2.05, 4.69) is 15.2 Å². The fraction of sp³-hybridized carbons (Fsp3) is 0. The first-order valence-corrected chi connectivity index (χ1v) is 11.1. The molecule has 0 aliphatic carbocycles. The summed E-state index contributed by atoms with van der Waals surface area (Å²) in [6, 6.07) is 19.4. The van der Waals surface area contributed by atoms with E-state index >= 15 is 0 Å². The van der Waals surface area contributed by atoms with Gasteiger partial charge in [-0.3, -0.25) is 4.79 Å². The van der Waals surface area contributed by atoms with Gasteiger partial charge in [-0.15, -0.1) is 5.10 Å². The maximum atomic E-state index is 14.0. The minimum atomic E-state index is -4.06. The molecule has 3 aromatic carbocycles. The van der Waals surface area contributed by atoms with Gasteiger partial charge in [0.2, 0.25) is 5.55 Å². The van der Waals surface area contributed by atoms with Crippen molar-refractivity contribution in [3.8, 4) is 0 Å². The lowest BCUT2D eigenvalue weighted by Crippen LogP contribution is -2.27. The van der Waals surface area contributed by atoms with Crippen LogP contribution in [0.15, 0.2) is 93.3 Å². The van der Waals surface area contributed by atoms with Crippen LogP contribution in [0, 0.1) is 5.82 Å². The van der Waals surface area contributed by atoms with Gasteiger partial charge in [0.05, 0.1) is 10.6 Å². The molecular weight excluding hydrogens is 457 g/mol. The molecule has 1 amide bonds. The monoisotopic (exact) mass is 471 g/mol. The Kier molecular flexibility index (Phi) is 5.93. The van der Waals surface area contributed by atoms with Crippen LogP contribution in [0.1, 0.15) is 10.4 Å². The molecule has 1 aromatic heterocycles. The third kappa shape index (κ3) is 4.63. The van der Waals surface area contributed by atoms with E-state index in [-0.39, 0.29) is 21.7 Å². The first-order chi connectivity index (χ1) is 15.3. The number of para-hydroxylation sites is 2. The summed E-state index contributed by atoms with van der Waals surface area (Å²) < 4.78 is 44.8. The number of halogens is 2. The largest absolute Gasteiger partial charge is 0.436 e. The van der Waals surface area contributed by atoms with E-state index in [1.54, 1.807) is 30.3 Å². The summed E-state index contributed by atoms with van der Waals surface area (Å²) >= 11 is 5.80. The molecule has 0 spiro atoms. The molecule has 162 valence electrons. The van der Waals surface area contributed by atoms with E-state index in [1.165, 1.54) is 48.5 Å². The Bertz CT molecular complexity index is 1490. The van der Waals surface area contributed by atoms with Crippen molar-refractivity contribution in [2.24, 2.45) is 5.10 Å². The van der Waals surface area contributed by atoms with Crippen molar-refractivity contribution in [3.05, 3.63) is 101 Å². The third-order valence-electron chi connectivity index (χ3n) is 4.41. The third-order valence-corrected chi connectivity index (χ3v) is 5.89. The summed E-state index contributed by atoms with van der Waals surface area (Å²) in [6.45, 7) is 0. The molecule has 0 atom stereocenters. The smallest absolute Gasteiger partial charge is 0.276 e. The van der Waals surface area contributed by atoms with Gasteiger partial charge in [-0.25, -0.2) is 4.39 Å². The van der Waals surface area contributed by atoms with Crippen LogP contribution in [0.5, 0.6) is 0 Å². The van der Waals surface area contributed by atoms with Gasteiger partial charge in [0.1, 0.15) is 17.0 Å². The Labute approximate surface area is 187 Å².